The van der Waals surface area contributed by atoms with Gasteiger partial charge in [-0.3, -0.25) is 4.90 Å². The molecular weight excluding hydrogens is 197 g/mol. The second-order valence-corrected chi connectivity index (χ2v) is 4.92. The number of halogens is 1. The maximum absolute atomic E-state index is 13.4. The molecule has 1 aliphatic heterocycles. The van der Waals surface area contributed by atoms with Gasteiger partial charge in [0.05, 0.1) is 6.61 Å². The molecule has 1 saturated heterocycles. The topological polar surface area (TPSA) is 21.7 Å². The van der Waals surface area contributed by atoms with Gasteiger partial charge in [-0.2, -0.15) is 0 Å². The van der Waals surface area contributed by atoms with E-state index in [1.54, 1.807) is 14.2 Å². The maximum Gasteiger partial charge on any atom is 0.140 e. The van der Waals surface area contributed by atoms with Gasteiger partial charge in [0.25, 0.3) is 0 Å². The second-order valence-electron chi connectivity index (χ2n) is 4.92. The highest BCUT2D eigenvalue weighted by atomic mass is 19.1. The Morgan fingerprint density at radius 1 is 1.33 bits per heavy atom. The highest BCUT2D eigenvalue weighted by Crippen LogP contribution is 2.46. The average molecular weight is 217 g/mol. The summed E-state index contributed by atoms with van der Waals surface area (Å²) in [6.45, 7) is 3.01. The molecule has 2 atom stereocenters. The molecule has 2 unspecified atom stereocenters. The molecule has 2 fully saturated rings. The molecule has 0 radical (unpaired) electrons. The number of methoxy groups -OCH3 is 2. The van der Waals surface area contributed by atoms with E-state index < -0.39 is 6.17 Å². The fraction of sp³-hybridized carbons (Fsp3) is 1.00. The van der Waals surface area contributed by atoms with E-state index in [-0.39, 0.29) is 6.10 Å². The standard InChI is InChI=1S/C11H20FNO2/c1-14-8-11(3-4-11)7-13-5-9(12)10(6-13)15-2/h9-10H,3-8H2,1-2H3. The van der Waals surface area contributed by atoms with Gasteiger partial charge in [0.1, 0.15) is 12.3 Å². The molecule has 4 heteroatoms. The SMILES string of the molecule is COCC1(CN2CC(F)C(OC)C2)CC1. The lowest BCUT2D eigenvalue weighted by molar-refractivity contribution is 0.0603. The van der Waals surface area contributed by atoms with Crippen molar-refractivity contribution in [2.75, 3.05) is 40.5 Å². The van der Waals surface area contributed by atoms with Crippen molar-refractivity contribution < 1.29 is 13.9 Å². The van der Waals surface area contributed by atoms with Gasteiger partial charge in [-0.1, -0.05) is 0 Å². The summed E-state index contributed by atoms with van der Waals surface area (Å²) < 4.78 is 23.7. The van der Waals surface area contributed by atoms with Gasteiger partial charge in [0.2, 0.25) is 0 Å². The third-order valence-corrected chi connectivity index (χ3v) is 3.54. The molecule has 1 saturated carbocycles. The fourth-order valence-electron chi connectivity index (χ4n) is 2.46. The zero-order chi connectivity index (χ0) is 10.9. The van der Waals surface area contributed by atoms with Crippen molar-refractivity contribution in [2.24, 2.45) is 5.41 Å². The lowest BCUT2D eigenvalue weighted by Gasteiger charge is -2.22. The number of nitrogens with zero attached hydrogens (tertiary/aromatic N) is 1. The molecule has 0 spiro atoms. The van der Waals surface area contributed by atoms with Crippen LogP contribution in [0.1, 0.15) is 12.8 Å². The molecule has 2 rings (SSSR count). The van der Waals surface area contributed by atoms with E-state index in [0.29, 0.717) is 12.0 Å². The number of likely N-dealkylation sites (tertiary alicyclic amines) is 1. The van der Waals surface area contributed by atoms with E-state index in [1.807, 2.05) is 0 Å². The van der Waals surface area contributed by atoms with E-state index in [4.69, 9.17) is 9.47 Å². The molecule has 3 nitrogen and oxygen atoms in total. The lowest BCUT2D eigenvalue weighted by Crippen LogP contribution is -2.31. The van der Waals surface area contributed by atoms with E-state index in [9.17, 15) is 4.39 Å². The summed E-state index contributed by atoms with van der Waals surface area (Å²) in [6, 6.07) is 0. The summed E-state index contributed by atoms with van der Waals surface area (Å²) in [4.78, 5) is 2.17. The minimum atomic E-state index is -0.826. The Hall–Kier alpha value is -0.190. The normalized spacial score (nSPS) is 34.6. The monoisotopic (exact) mass is 217 g/mol. The van der Waals surface area contributed by atoms with Gasteiger partial charge in [-0.15, -0.1) is 0 Å². The summed E-state index contributed by atoms with van der Waals surface area (Å²) in [6.07, 6.45) is 1.37. The quantitative estimate of drug-likeness (QED) is 0.688. The Labute approximate surface area is 90.5 Å². The van der Waals surface area contributed by atoms with Crippen LogP contribution in [0.2, 0.25) is 0 Å². The van der Waals surface area contributed by atoms with E-state index in [1.165, 1.54) is 12.8 Å². The van der Waals surface area contributed by atoms with Crippen LogP contribution >= 0.6 is 0 Å². The van der Waals surface area contributed by atoms with Crippen molar-refractivity contribution in [1.82, 2.24) is 4.90 Å². The fourth-order valence-corrected chi connectivity index (χ4v) is 2.46. The van der Waals surface area contributed by atoms with Crippen LogP contribution in [0.5, 0.6) is 0 Å². The highest BCUT2D eigenvalue weighted by molar-refractivity contribution is 4.98. The van der Waals surface area contributed by atoms with Crippen LogP contribution in [-0.2, 0) is 9.47 Å². The van der Waals surface area contributed by atoms with Crippen molar-refractivity contribution in [2.45, 2.75) is 25.1 Å². The number of hydrogen-bond donors (Lipinski definition) is 0. The lowest BCUT2D eigenvalue weighted by atomic mass is 10.1. The number of ether oxygens (including phenoxy) is 2. The molecule has 0 N–H and O–H groups in total. The third-order valence-electron chi connectivity index (χ3n) is 3.54. The second kappa shape index (κ2) is 4.36. The Morgan fingerprint density at radius 2 is 2.07 bits per heavy atom. The number of alkyl halides is 1. The molecular formula is C11H20FNO2. The molecule has 15 heavy (non-hydrogen) atoms. The van der Waals surface area contributed by atoms with Crippen molar-refractivity contribution in [3.63, 3.8) is 0 Å². The van der Waals surface area contributed by atoms with Crippen LogP contribution in [-0.4, -0.2) is 57.6 Å². The number of hydrogen-bond acceptors (Lipinski definition) is 3. The molecule has 0 bridgehead atoms. The first-order valence-corrected chi connectivity index (χ1v) is 5.57. The molecule has 2 aliphatic rings. The molecule has 0 amide bonds. The van der Waals surface area contributed by atoms with Crippen LogP contribution < -0.4 is 0 Å². The highest BCUT2D eigenvalue weighted by Gasteiger charge is 2.46. The van der Waals surface area contributed by atoms with Crippen molar-refractivity contribution in [3.8, 4) is 0 Å². The Morgan fingerprint density at radius 3 is 2.53 bits per heavy atom. The van der Waals surface area contributed by atoms with Crippen molar-refractivity contribution in [1.29, 1.82) is 0 Å². The summed E-state index contributed by atoms with van der Waals surface area (Å²) in [7, 11) is 3.32. The first-order valence-electron chi connectivity index (χ1n) is 5.57. The minimum Gasteiger partial charge on any atom is -0.384 e. The smallest absolute Gasteiger partial charge is 0.140 e. The van der Waals surface area contributed by atoms with Gasteiger partial charge in [0, 0.05) is 39.3 Å². The Balaban J connectivity index is 1.81. The van der Waals surface area contributed by atoms with Gasteiger partial charge in [-0.05, 0) is 12.8 Å². The van der Waals surface area contributed by atoms with Crippen LogP contribution in [0.4, 0.5) is 4.39 Å². The maximum atomic E-state index is 13.4. The Kier molecular flexibility index (Phi) is 3.28. The molecule has 1 aliphatic carbocycles. The summed E-state index contributed by atoms with van der Waals surface area (Å²) in [5.41, 5.74) is 0.317. The van der Waals surface area contributed by atoms with E-state index >= 15 is 0 Å². The minimum absolute atomic E-state index is 0.233. The number of rotatable bonds is 5. The zero-order valence-electron chi connectivity index (χ0n) is 9.54. The van der Waals surface area contributed by atoms with Crippen molar-refractivity contribution >= 4 is 0 Å². The van der Waals surface area contributed by atoms with Gasteiger partial charge in [-0.25, -0.2) is 4.39 Å². The zero-order valence-corrected chi connectivity index (χ0v) is 9.54. The predicted octanol–water partition coefficient (Wildman–Crippen LogP) is 1.08. The summed E-state index contributed by atoms with van der Waals surface area (Å²) in [5, 5.41) is 0. The molecule has 0 aromatic carbocycles. The van der Waals surface area contributed by atoms with Crippen LogP contribution in [0.3, 0.4) is 0 Å². The summed E-state index contributed by atoms with van der Waals surface area (Å²) in [5.74, 6) is 0. The van der Waals surface area contributed by atoms with Crippen LogP contribution in [0.15, 0.2) is 0 Å². The van der Waals surface area contributed by atoms with Crippen LogP contribution in [0, 0.1) is 5.41 Å². The van der Waals surface area contributed by atoms with Crippen molar-refractivity contribution in [3.05, 3.63) is 0 Å². The predicted molar refractivity (Wildman–Crippen MR) is 55.7 cm³/mol. The van der Waals surface area contributed by atoms with Gasteiger partial charge in [0.15, 0.2) is 0 Å². The first kappa shape index (κ1) is 11.3. The first-order chi connectivity index (χ1) is 7.19. The molecule has 0 aromatic rings. The average Bonchev–Trinajstić information content (AvgIpc) is 2.84. The third kappa shape index (κ3) is 2.49. The summed E-state index contributed by atoms with van der Waals surface area (Å²) >= 11 is 0. The van der Waals surface area contributed by atoms with Gasteiger partial charge >= 0.3 is 0 Å². The largest absolute Gasteiger partial charge is 0.384 e. The molecule has 0 aromatic heterocycles. The van der Waals surface area contributed by atoms with Gasteiger partial charge < -0.3 is 9.47 Å². The van der Waals surface area contributed by atoms with E-state index in [2.05, 4.69) is 4.90 Å². The van der Waals surface area contributed by atoms with Crippen LogP contribution in [0.25, 0.3) is 0 Å². The molecule has 1 heterocycles. The molecule has 88 valence electrons. The Bertz CT molecular complexity index is 221. The van der Waals surface area contributed by atoms with E-state index in [0.717, 1.165) is 19.7 Å².